The van der Waals surface area contributed by atoms with Crippen LogP contribution in [0.5, 0.6) is 0 Å². The molecule has 1 aromatic carbocycles. The number of carbonyl (C=O) groups is 1. The van der Waals surface area contributed by atoms with Gasteiger partial charge in [0.2, 0.25) is 0 Å². The number of aromatic nitrogens is 1. The van der Waals surface area contributed by atoms with Crippen molar-refractivity contribution in [2.45, 2.75) is 11.1 Å². The zero-order valence-electron chi connectivity index (χ0n) is 11.7. The average molecular weight is 326 g/mol. The first-order valence-electron chi connectivity index (χ1n) is 5.96. The smallest absolute Gasteiger partial charge is 0.340 e. The molecule has 2 aromatic rings. The second-order valence-corrected chi connectivity index (χ2v) is 7.61. The molecule has 0 saturated heterocycles. The van der Waals surface area contributed by atoms with Gasteiger partial charge in [0.25, 0.3) is 10.0 Å². The number of aryl methyl sites for hydroxylation is 1. The van der Waals surface area contributed by atoms with Crippen molar-refractivity contribution in [3.05, 3.63) is 41.0 Å². The number of benzene rings is 1. The van der Waals surface area contributed by atoms with Gasteiger partial charge in [-0.25, -0.2) is 18.2 Å². The van der Waals surface area contributed by atoms with Crippen LogP contribution < -0.4 is 4.31 Å². The summed E-state index contributed by atoms with van der Waals surface area (Å²) in [4.78, 5) is 15.7. The number of para-hydroxylation sites is 1. The Morgan fingerprint density at radius 2 is 2.00 bits per heavy atom. The SMILES string of the molecule is COC(=O)c1ccccc1N(C)S(=O)(=O)c1cnc(C)s1. The summed E-state index contributed by atoms with van der Waals surface area (Å²) in [6.45, 7) is 1.73. The second kappa shape index (κ2) is 5.82. The lowest BCUT2D eigenvalue weighted by molar-refractivity contribution is 0.0601. The van der Waals surface area contributed by atoms with Crippen molar-refractivity contribution in [2.75, 3.05) is 18.5 Å². The van der Waals surface area contributed by atoms with E-state index in [1.807, 2.05) is 0 Å². The maximum absolute atomic E-state index is 12.6. The number of thiazole rings is 1. The van der Waals surface area contributed by atoms with Gasteiger partial charge in [0.1, 0.15) is 0 Å². The minimum absolute atomic E-state index is 0.127. The Hall–Kier alpha value is -1.93. The molecule has 2 rings (SSSR count). The number of ether oxygens (including phenoxy) is 1. The van der Waals surface area contributed by atoms with E-state index in [1.54, 1.807) is 25.1 Å². The van der Waals surface area contributed by atoms with E-state index in [0.717, 1.165) is 15.6 Å². The van der Waals surface area contributed by atoms with E-state index in [0.29, 0.717) is 5.01 Å². The fraction of sp³-hybridized carbons (Fsp3) is 0.231. The molecule has 0 saturated carbocycles. The quantitative estimate of drug-likeness (QED) is 0.804. The topological polar surface area (TPSA) is 76.6 Å². The van der Waals surface area contributed by atoms with E-state index < -0.39 is 16.0 Å². The van der Waals surface area contributed by atoms with Gasteiger partial charge in [0.05, 0.1) is 29.6 Å². The molecule has 0 aliphatic rings. The van der Waals surface area contributed by atoms with Gasteiger partial charge >= 0.3 is 5.97 Å². The summed E-state index contributed by atoms with van der Waals surface area (Å²) in [5.41, 5.74) is 0.447. The number of esters is 1. The number of rotatable bonds is 4. The lowest BCUT2D eigenvalue weighted by atomic mass is 10.2. The average Bonchev–Trinajstić information content (AvgIpc) is 2.93. The Balaban J connectivity index is 2.50. The Kier molecular flexibility index (Phi) is 4.29. The number of nitrogens with zero attached hydrogens (tertiary/aromatic N) is 2. The van der Waals surface area contributed by atoms with Crippen molar-refractivity contribution in [1.82, 2.24) is 4.98 Å². The van der Waals surface area contributed by atoms with Crippen molar-refractivity contribution in [1.29, 1.82) is 0 Å². The van der Waals surface area contributed by atoms with Gasteiger partial charge in [0, 0.05) is 7.05 Å². The molecule has 21 heavy (non-hydrogen) atoms. The largest absolute Gasteiger partial charge is 0.465 e. The van der Waals surface area contributed by atoms with Crippen LogP contribution in [-0.2, 0) is 14.8 Å². The first-order chi connectivity index (χ1) is 9.87. The molecule has 0 spiro atoms. The number of carbonyl (C=O) groups excluding carboxylic acids is 1. The number of hydrogen-bond acceptors (Lipinski definition) is 6. The van der Waals surface area contributed by atoms with Crippen LogP contribution in [0.1, 0.15) is 15.4 Å². The van der Waals surface area contributed by atoms with Gasteiger partial charge in [-0.15, -0.1) is 11.3 Å². The first kappa shape index (κ1) is 15.5. The summed E-state index contributed by atoms with van der Waals surface area (Å²) < 4.78 is 31.0. The highest BCUT2D eigenvalue weighted by Crippen LogP contribution is 2.28. The van der Waals surface area contributed by atoms with Gasteiger partial charge in [-0.05, 0) is 19.1 Å². The molecule has 8 heteroatoms. The fourth-order valence-electron chi connectivity index (χ4n) is 1.76. The van der Waals surface area contributed by atoms with Crippen molar-refractivity contribution in [3.8, 4) is 0 Å². The third kappa shape index (κ3) is 2.91. The third-order valence-corrected chi connectivity index (χ3v) is 5.98. The van der Waals surface area contributed by atoms with Crippen molar-refractivity contribution in [2.24, 2.45) is 0 Å². The number of anilines is 1. The van der Waals surface area contributed by atoms with E-state index in [-0.39, 0.29) is 15.5 Å². The highest BCUT2D eigenvalue weighted by Gasteiger charge is 2.26. The molecule has 0 bridgehead atoms. The normalized spacial score (nSPS) is 11.2. The van der Waals surface area contributed by atoms with Crippen LogP contribution in [0.25, 0.3) is 0 Å². The molecule has 1 heterocycles. The van der Waals surface area contributed by atoms with Crippen LogP contribution in [0.2, 0.25) is 0 Å². The minimum atomic E-state index is -3.75. The zero-order chi connectivity index (χ0) is 15.6. The Bertz CT molecular complexity index is 768. The number of sulfonamides is 1. The maximum atomic E-state index is 12.6. The molecular weight excluding hydrogens is 312 g/mol. The Morgan fingerprint density at radius 3 is 2.57 bits per heavy atom. The minimum Gasteiger partial charge on any atom is -0.465 e. The Labute approximate surface area is 127 Å². The third-order valence-electron chi connectivity index (χ3n) is 2.86. The van der Waals surface area contributed by atoms with Crippen LogP contribution in [0, 0.1) is 6.92 Å². The zero-order valence-corrected chi connectivity index (χ0v) is 13.4. The van der Waals surface area contributed by atoms with E-state index in [2.05, 4.69) is 9.72 Å². The molecular formula is C13H14N2O4S2. The monoisotopic (exact) mass is 326 g/mol. The van der Waals surface area contributed by atoms with E-state index in [1.165, 1.54) is 26.4 Å². The lowest BCUT2D eigenvalue weighted by Crippen LogP contribution is -2.27. The van der Waals surface area contributed by atoms with Crippen molar-refractivity contribution in [3.63, 3.8) is 0 Å². The van der Waals surface area contributed by atoms with Crippen LogP contribution in [0.3, 0.4) is 0 Å². The summed E-state index contributed by atoms with van der Waals surface area (Å²) in [7, 11) is -1.11. The Morgan fingerprint density at radius 1 is 1.33 bits per heavy atom. The van der Waals surface area contributed by atoms with E-state index in [9.17, 15) is 13.2 Å². The van der Waals surface area contributed by atoms with Gasteiger partial charge in [0.15, 0.2) is 4.21 Å². The standard InChI is InChI=1S/C13H14N2O4S2/c1-9-14-8-12(20-9)21(17,18)15(2)11-7-5-4-6-10(11)13(16)19-3/h4-8H,1-3H3. The highest BCUT2D eigenvalue weighted by atomic mass is 32.2. The molecule has 0 unspecified atom stereocenters. The lowest BCUT2D eigenvalue weighted by Gasteiger charge is -2.20. The van der Waals surface area contributed by atoms with Gasteiger partial charge in [-0.1, -0.05) is 12.1 Å². The van der Waals surface area contributed by atoms with E-state index in [4.69, 9.17) is 0 Å². The molecule has 0 atom stereocenters. The summed E-state index contributed by atoms with van der Waals surface area (Å²) in [6, 6.07) is 6.38. The van der Waals surface area contributed by atoms with E-state index >= 15 is 0 Å². The molecule has 0 amide bonds. The molecule has 0 N–H and O–H groups in total. The summed E-state index contributed by atoms with van der Waals surface area (Å²) >= 11 is 1.08. The molecule has 0 fully saturated rings. The predicted octanol–water partition coefficient (Wildman–Crippen LogP) is 2.06. The first-order valence-corrected chi connectivity index (χ1v) is 8.22. The van der Waals surface area contributed by atoms with Crippen LogP contribution in [0.4, 0.5) is 5.69 Å². The van der Waals surface area contributed by atoms with Crippen LogP contribution in [0.15, 0.2) is 34.7 Å². The van der Waals surface area contributed by atoms with Crippen molar-refractivity contribution < 1.29 is 17.9 Å². The molecule has 0 aliphatic carbocycles. The predicted molar refractivity (Wildman–Crippen MR) is 80.2 cm³/mol. The summed E-state index contributed by atoms with van der Waals surface area (Å²) in [5, 5.41) is 0.656. The second-order valence-electron chi connectivity index (χ2n) is 4.18. The molecule has 0 aliphatic heterocycles. The molecule has 1 aromatic heterocycles. The fourth-order valence-corrected chi connectivity index (χ4v) is 4.25. The maximum Gasteiger partial charge on any atom is 0.340 e. The molecule has 6 nitrogen and oxygen atoms in total. The number of hydrogen-bond donors (Lipinski definition) is 0. The van der Waals surface area contributed by atoms with Gasteiger partial charge in [-0.2, -0.15) is 0 Å². The van der Waals surface area contributed by atoms with Crippen LogP contribution in [-0.4, -0.2) is 33.5 Å². The van der Waals surface area contributed by atoms with Crippen LogP contribution >= 0.6 is 11.3 Å². The summed E-state index contributed by atoms with van der Waals surface area (Å²) in [5.74, 6) is -0.590. The van der Waals surface area contributed by atoms with Gasteiger partial charge < -0.3 is 4.74 Å². The number of methoxy groups -OCH3 is 1. The van der Waals surface area contributed by atoms with Crippen molar-refractivity contribution >= 4 is 33.0 Å². The highest BCUT2D eigenvalue weighted by molar-refractivity contribution is 7.94. The summed E-state index contributed by atoms with van der Waals surface area (Å²) in [6.07, 6.45) is 1.31. The molecule has 0 radical (unpaired) electrons. The molecule has 112 valence electrons. The van der Waals surface area contributed by atoms with Gasteiger partial charge in [-0.3, -0.25) is 4.31 Å².